The third-order valence-corrected chi connectivity index (χ3v) is 11.5. The Bertz CT molecular complexity index is 3250. The van der Waals surface area contributed by atoms with Crippen LogP contribution >= 0.6 is 0 Å². The molecule has 1 aromatic heterocycles. The van der Waals surface area contributed by atoms with Gasteiger partial charge in [-0.15, -0.1) is 0 Å². The Labute approximate surface area is 331 Å². The molecule has 0 atom stereocenters. The van der Waals surface area contributed by atoms with E-state index in [0.29, 0.717) is 0 Å². The van der Waals surface area contributed by atoms with Gasteiger partial charge in [0.05, 0.1) is 0 Å². The van der Waals surface area contributed by atoms with Gasteiger partial charge in [-0.25, -0.2) is 0 Å². The van der Waals surface area contributed by atoms with Gasteiger partial charge in [0.1, 0.15) is 11.2 Å². The largest absolute Gasteiger partial charge is 0.456 e. The van der Waals surface area contributed by atoms with Gasteiger partial charge < -0.3 is 4.42 Å². The van der Waals surface area contributed by atoms with Crippen molar-refractivity contribution in [2.24, 2.45) is 0 Å². The lowest BCUT2D eigenvalue weighted by atomic mass is 9.83. The molecule has 0 aliphatic rings. The summed E-state index contributed by atoms with van der Waals surface area (Å²) in [6.07, 6.45) is 0. The molecule has 0 saturated carbocycles. The summed E-state index contributed by atoms with van der Waals surface area (Å²) < 4.78 is 6.66. The number of hydrogen-bond acceptors (Lipinski definition) is 1. The lowest BCUT2D eigenvalue weighted by Crippen LogP contribution is -1.93. The van der Waals surface area contributed by atoms with Gasteiger partial charge in [-0.1, -0.05) is 188 Å². The Hall–Kier alpha value is -7.48. The number of fused-ring (bicyclic) bond motifs is 5. The van der Waals surface area contributed by atoms with Gasteiger partial charge in [0.2, 0.25) is 0 Å². The predicted molar refractivity (Wildman–Crippen MR) is 241 cm³/mol. The molecule has 0 fully saturated rings. The number of furan rings is 1. The molecule has 0 N–H and O–H groups in total. The molecular formula is C56H36O. The first kappa shape index (κ1) is 32.9. The van der Waals surface area contributed by atoms with E-state index in [2.05, 4.69) is 218 Å². The molecule has 11 aromatic rings. The van der Waals surface area contributed by atoms with Crippen LogP contribution in [-0.2, 0) is 0 Å². The van der Waals surface area contributed by atoms with Crippen LogP contribution in [0.5, 0.6) is 0 Å². The number of benzene rings is 10. The van der Waals surface area contributed by atoms with Crippen molar-refractivity contribution in [1.82, 2.24) is 0 Å². The molecule has 0 saturated heterocycles. The Morgan fingerprint density at radius 3 is 1.40 bits per heavy atom. The van der Waals surface area contributed by atoms with Crippen molar-refractivity contribution < 1.29 is 4.42 Å². The van der Waals surface area contributed by atoms with Crippen molar-refractivity contribution in [3.63, 3.8) is 0 Å². The molecule has 0 aliphatic heterocycles. The van der Waals surface area contributed by atoms with E-state index in [1.807, 2.05) is 0 Å². The monoisotopic (exact) mass is 724 g/mol. The van der Waals surface area contributed by atoms with Crippen LogP contribution < -0.4 is 0 Å². The first-order valence-electron chi connectivity index (χ1n) is 19.6. The van der Waals surface area contributed by atoms with Crippen LogP contribution in [-0.4, -0.2) is 0 Å². The average molecular weight is 725 g/mol. The molecule has 57 heavy (non-hydrogen) atoms. The van der Waals surface area contributed by atoms with E-state index in [1.165, 1.54) is 77.2 Å². The van der Waals surface area contributed by atoms with Crippen LogP contribution in [0.1, 0.15) is 0 Å². The molecule has 0 spiro atoms. The molecule has 0 bridgehead atoms. The molecule has 0 amide bonds. The van der Waals surface area contributed by atoms with Crippen LogP contribution in [0.3, 0.4) is 0 Å². The zero-order valence-electron chi connectivity index (χ0n) is 31.2. The van der Waals surface area contributed by atoms with Crippen molar-refractivity contribution in [2.45, 2.75) is 0 Å². The van der Waals surface area contributed by atoms with E-state index < -0.39 is 0 Å². The van der Waals surface area contributed by atoms with Crippen molar-refractivity contribution in [3.05, 3.63) is 218 Å². The maximum atomic E-state index is 6.66. The Morgan fingerprint density at radius 2 is 0.719 bits per heavy atom. The second kappa shape index (κ2) is 13.7. The summed E-state index contributed by atoms with van der Waals surface area (Å²) in [6.45, 7) is 0. The molecule has 1 nitrogen and oxygen atoms in total. The smallest absolute Gasteiger partial charge is 0.136 e. The Balaban J connectivity index is 1.23. The van der Waals surface area contributed by atoms with Crippen LogP contribution in [0.15, 0.2) is 223 Å². The first-order chi connectivity index (χ1) is 28.3. The predicted octanol–water partition coefficient (Wildman–Crippen LogP) is 15.9. The molecule has 10 aromatic carbocycles. The fourth-order valence-corrected chi connectivity index (χ4v) is 8.86. The maximum Gasteiger partial charge on any atom is 0.136 e. The summed E-state index contributed by atoms with van der Waals surface area (Å²) in [6, 6.07) is 79.0. The first-order valence-corrected chi connectivity index (χ1v) is 19.6. The van der Waals surface area contributed by atoms with E-state index >= 15 is 0 Å². The Kier molecular flexibility index (Phi) is 7.89. The summed E-state index contributed by atoms with van der Waals surface area (Å²) in [5.74, 6) is 0. The molecule has 1 heterocycles. The molecule has 0 radical (unpaired) electrons. The molecule has 1 heteroatoms. The van der Waals surface area contributed by atoms with Crippen LogP contribution in [0.4, 0.5) is 0 Å². The highest BCUT2D eigenvalue weighted by Gasteiger charge is 2.22. The second-order valence-corrected chi connectivity index (χ2v) is 14.8. The van der Waals surface area contributed by atoms with Gasteiger partial charge in [0.15, 0.2) is 0 Å². The molecule has 266 valence electrons. The fourth-order valence-electron chi connectivity index (χ4n) is 8.86. The fraction of sp³-hybridized carbons (Fsp3) is 0. The highest BCUT2D eigenvalue weighted by molar-refractivity contribution is 6.26. The third-order valence-electron chi connectivity index (χ3n) is 11.5. The normalized spacial score (nSPS) is 11.5. The summed E-state index contributed by atoms with van der Waals surface area (Å²) in [5, 5.41) is 7.11. The van der Waals surface area contributed by atoms with Crippen molar-refractivity contribution >= 4 is 43.5 Å². The van der Waals surface area contributed by atoms with Gasteiger partial charge in [-0.2, -0.15) is 0 Å². The number of rotatable bonds is 6. The SMILES string of the molecule is c1ccc(-c2cc(-c3c4ccccc4c(-c4ccccc4)c4cc(-c5ccc(-c6ccccc6)c(-c6ccccc6)c5)ccc34)c3c(c2)oc2ccccc23)cc1. The highest BCUT2D eigenvalue weighted by atomic mass is 16.3. The minimum atomic E-state index is 0.889. The van der Waals surface area contributed by atoms with Gasteiger partial charge in [0, 0.05) is 10.8 Å². The summed E-state index contributed by atoms with van der Waals surface area (Å²) in [7, 11) is 0. The van der Waals surface area contributed by atoms with Crippen LogP contribution in [0, 0.1) is 0 Å². The van der Waals surface area contributed by atoms with Crippen LogP contribution in [0.25, 0.3) is 110 Å². The minimum Gasteiger partial charge on any atom is -0.456 e. The summed E-state index contributed by atoms with van der Waals surface area (Å²) in [4.78, 5) is 0. The summed E-state index contributed by atoms with van der Waals surface area (Å²) in [5.41, 5.74) is 16.1. The highest BCUT2D eigenvalue weighted by Crippen LogP contribution is 2.49. The molecule has 0 aliphatic carbocycles. The zero-order chi connectivity index (χ0) is 37.7. The third kappa shape index (κ3) is 5.63. The maximum absolute atomic E-state index is 6.66. The zero-order valence-corrected chi connectivity index (χ0v) is 31.2. The topological polar surface area (TPSA) is 13.1 Å². The van der Waals surface area contributed by atoms with Crippen molar-refractivity contribution in [3.8, 4) is 66.8 Å². The van der Waals surface area contributed by atoms with E-state index in [0.717, 1.165) is 33.1 Å². The quantitative estimate of drug-likeness (QED) is 0.156. The van der Waals surface area contributed by atoms with Gasteiger partial charge >= 0.3 is 0 Å². The lowest BCUT2D eigenvalue weighted by Gasteiger charge is -2.20. The van der Waals surface area contributed by atoms with E-state index in [-0.39, 0.29) is 0 Å². The van der Waals surface area contributed by atoms with E-state index in [1.54, 1.807) is 0 Å². The van der Waals surface area contributed by atoms with Crippen LogP contribution in [0.2, 0.25) is 0 Å². The molecule has 11 rings (SSSR count). The van der Waals surface area contributed by atoms with Crippen molar-refractivity contribution in [1.29, 1.82) is 0 Å². The average Bonchev–Trinajstić information content (AvgIpc) is 3.67. The van der Waals surface area contributed by atoms with E-state index in [4.69, 9.17) is 4.42 Å². The molecular weight excluding hydrogens is 689 g/mol. The minimum absolute atomic E-state index is 0.889. The standard InChI is InChI=1S/C56H36O/c1-5-17-37(18-6-1)43-35-51(56-48-27-15-16-28-52(48)57-53(56)36-43)55-46-26-14-13-25-45(46)54(40-23-11-4-12-24-40)50-34-42(30-32-47(50)55)41-29-31-44(38-19-7-2-8-20-38)49(33-41)39-21-9-3-10-22-39/h1-36H. The van der Waals surface area contributed by atoms with Gasteiger partial charge in [-0.3, -0.25) is 0 Å². The van der Waals surface area contributed by atoms with E-state index in [9.17, 15) is 0 Å². The van der Waals surface area contributed by atoms with Gasteiger partial charge in [-0.05, 0) is 119 Å². The second-order valence-electron chi connectivity index (χ2n) is 14.8. The summed E-state index contributed by atoms with van der Waals surface area (Å²) >= 11 is 0. The van der Waals surface area contributed by atoms with Gasteiger partial charge in [0.25, 0.3) is 0 Å². The Morgan fingerprint density at radius 1 is 0.228 bits per heavy atom. The molecule has 0 unspecified atom stereocenters. The number of hydrogen-bond donors (Lipinski definition) is 0. The van der Waals surface area contributed by atoms with Crippen molar-refractivity contribution in [2.75, 3.05) is 0 Å². The number of para-hydroxylation sites is 1. The lowest BCUT2D eigenvalue weighted by molar-refractivity contribution is 0.669.